The predicted octanol–water partition coefficient (Wildman–Crippen LogP) is 4.22. The number of hydrogen-bond donors (Lipinski definition) is 1. The number of rotatable bonds is 5. The number of fused-ring (bicyclic) bond motifs is 1. The topological polar surface area (TPSA) is 58.6 Å². The van der Waals surface area contributed by atoms with Crippen molar-refractivity contribution in [3.05, 3.63) is 23.8 Å². The van der Waals surface area contributed by atoms with Crippen molar-refractivity contribution < 1.29 is 14.3 Å². The highest BCUT2D eigenvalue weighted by atomic mass is 16.5. The first-order chi connectivity index (χ1) is 12.2. The van der Waals surface area contributed by atoms with Gasteiger partial charge in [-0.2, -0.15) is 0 Å². The van der Waals surface area contributed by atoms with Crippen molar-refractivity contribution in [3.63, 3.8) is 0 Å². The van der Waals surface area contributed by atoms with E-state index in [2.05, 4.69) is 26.1 Å². The third-order valence-corrected chi connectivity index (χ3v) is 4.54. The second kappa shape index (κ2) is 7.17. The largest absolute Gasteiger partial charge is 0.476 e. The Balaban J connectivity index is 2.11. The van der Waals surface area contributed by atoms with Gasteiger partial charge in [-0.3, -0.25) is 9.59 Å². The second-order valence-electron chi connectivity index (χ2n) is 9.96. The summed E-state index contributed by atoms with van der Waals surface area (Å²) in [6, 6.07) is 5.78. The number of carbonyl (C=O) groups excluding carboxylic acids is 2. The summed E-state index contributed by atoms with van der Waals surface area (Å²) in [4.78, 5) is 27.1. The van der Waals surface area contributed by atoms with E-state index in [9.17, 15) is 9.59 Å². The number of nitrogens with one attached hydrogen (secondary N) is 1. The van der Waals surface area contributed by atoms with Crippen LogP contribution in [0.1, 0.15) is 66.9 Å². The van der Waals surface area contributed by atoms with E-state index in [1.54, 1.807) is 18.7 Å². The molecule has 150 valence electrons. The average molecular weight is 375 g/mol. The molecule has 27 heavy (non-hydrogen) atoms. The van der Waals surface area contributed by atoms with Crippen LogP contribution in [-0.2, 0) is 9.59 Å². The van der Waals surface area contributed by atoms with Crippen molar-refractivity contribution in [2.24, 2.45) is 5.41 Å². The average Bonchev–Trinajstić information content (AvgIpc) is 2.45. The molecule has 0 unspecified atom stereocenters. The molecule has 0 saturated heterocycles. The summed E-state index contributed by atoms with van der Waals surface area (Å²) in [5.41, 5.74) is 0.673. The molecule has 0 fully saturated rings. The Bertz CT molecular complexity index is 730. The van der Waals surface area contributed by atoms with Crippen LogP contribution in [0.25, 0.3) is 0 Å². The Hall–Kier alpha value is -2.04. The molecule has 5 heteroatoms. The quantitative estimate of drug-likeness (QED) is 0.839. The molecule has 0 atom stereocenters. The van der Waals surface area contributed by atoms with E-state index < -0.39 is 5.60 Å². The van der Waals surface area contributed by atoms with Crippen molar-refractivity contribution in [2.75, 3.05) is 11.4 Å². The molecule has 0 aliphatic carbocycles. The molecule has 0 spiro atoms. The van der Waals surface area contributed by atoms with Gasteiger partial charge in [-0.05, 0) is 64.2 Å². The number of amides is 2. The van der Waals surface area contributed by atoms with Gasteiger partial charge in [0.25, 0.3) is 5.91 Å². The smallest absolute Gasteiger partial charge is 0.270 e. The van der Waals surface area contributed by atoms with Crippen molar-refractivity contribution >= 4 is 17.5 Å². The van der Waals surface area contributed by atoms with Gasteiger partial charge in [0.15, 0.2) is 5.60 Å². The molecule has 2 rings (SSSR count). The Morgan fingerprint density at radius 3 is 2.41 bits per heavy atom. The molecule has 1 heterocycles. The van der Waals surface area contributed by atoms with Crippen molar-refractivity contribution in [3.8, 4) is 5.75 Å². The minimum Gasteiger partial charge on any atom is -0.476 e. The lowest BCUT2D eigenvalue weighted by Gasteiger charge is -2.39. The normalized spacial score (nSPS) is 16.6. The molecule has 1 aromatic carbocycles. The molecule has 2 amide bonds. The van der Waals surface area contributed by atoms with E-state index in [1.807, 2.05) is 39.0 Å². The van der Waals surface area contributed by atoms with Gasteiger partial charge in [-0.15, -0.1) is 0 Å². The van der Waals surface area contributed by atoms with Crippen LogP contribution >= 0.6 is 0 Å². The highest BCUT2D eigenvalue weighted by Gasteiger charge is 2.41. The zero-order valence-corrected chi connectivity index (χ0v) is 18.0. The van der Waals surface area contributed by atoms with E-state index in [4.69, 9.17) is 4.74 Å². The molecule has 1 N–H and O–H groups in total. The lowest BCUT2D eigenvalue weighted by molar-refractivity contribution is -0.132. The number of anilines is 1. The standard InChI is InChI=1S/C22H34N2O3/c1-15-9-10-17-16(13-15)24(19(26)22(7,8)27-17)12-11-18(25)23-21(5,6)14-20(2,3)4/h9-10,13H,11-12,14H2,1-8H3,(H,23,25). The maximum absolute atomic E-state index is 12.9. The Labute approximate surface area is 163 Å². The van der Waals surface area contributed by atoms with Crippen LogP contribution in [0, 0.1) is 12.3 Å². The zero-order chi connectivity index (χ0) is 20.6. The minimum absolute atomic E-state index is 0.0458. The lowest BCUT2D eigenvalue weighted by Crippen LogP contribution is -2.53. The van der Waals surface area contributed by atoms with Gasteiger partial charge in [0.05, 0.1) is 5.69 Å². The number of benzene rings is 1. The van der Waals surface area contributed by atoms with Crippen molar-refractivity contribution in [1.29, 1.82) is 0 Å². The number of aryl methyl sites for hydroxylation is 1. The van der Waals surface area contributed by atoms with E-state index in [-0.39, 0.29) is 29.2 Å². The van der Waals surface area contributed by atoms with Crippen LogP contribution in [-0.4, -0.2) is 29.5 Å². The summed E-state index contributed by atoms with van der Waals surface area (Å²) < 4.78 is 5.87. The van der Waals surface area contributed by atoms with Crippen molar-refractivity contribution in [2.45, 2.75) is 79.4 Å². The summed E-state index contributed by atoms with van der Waals surface area (Å²) >= 11 is 0. The number of hydrogen-bond acceptors (Lipinski definition) is 3. The number of carbonyl (C=O) groups is 2. The van der Waals surface area contributed by atoms with Gasteiger partial charge in [0.2, 0.25) is 5.91 Å². The Morgan fingerprint density at radius 1 is 1.19 bits per heavy atom. The van der Waals surface area contributed by atoms with Crippen LogP contribution in [0.4, 0.5) is 5.69 Å². The molecular weight excluding hydrogens is 340 g/mol. The molecule has 0 saturated carbocycles. The monoisotopic (exact) mass is 374 g/mol. The molecule has 0 bridgehead atoms. The van der Waals surface area contributed by atoms with E-state index in [0.717, 1.165) is 17.7 Å². The minimum atomic E-state index is -0.940. The highest BCUT2D eigenvalue weighted by Crippen LogP contribution is 2.38. The Kier molecular flexibility index (Phi) is 5.65. The molecular formula is C22H34N2O3. The summed E-state index contributed by atoms with van der Waals surface area (Å²) in [5.74, 6) is 0.511. The third kappa shape index (κ3) is 5.47. The fourth-order valence-electron chi connectivity index (χ4n) is 3.92. The van der Waals surface area contributed by atoms with Gasteiger partial charge in [0, 0.05) is 18.5 Å². The van der Waals surface area contributed by atoms with Crippen LogP contribution in [0.3, 0.4) is 0 Å². The predicted molar refractivity (Wildman–Crippen MR) is 109 cm³/mol. The molecule has 1 aromatic rings. The van der Waals surface area contributed by atoms with Gasteiger partial charge in [0.1, 0.15) is 5.75 Å². The zero-order valence-electron chi connectivity index (χ0n) is 18.0. The molecule has 0 aromatic heterocycles. The highest BCUT2D eigenvalue weighted by molar-refractivity contribution is 6.02. The van der Waals surface area contributed by atoms with Crippen LogP contribution in [0.5, 0.6) is 5.75 Å². The lowest BCUT2D eigenvalue weighted by atomic mass is 9.82. The van der Waals surface area contributed by atoms with Crippen LogP contribution in [0.2, 0.25) is 0 Å². The molecule has 1 aliphatic heterocycles. The fraction of sp³-hybridized carbons (Fsp3) is 0.636. The van der Waals surface area contributed by atoms with E-state index in [1.165, 1.54) is 0 Å². The van der Waals surface area contributed by atoms with E-state index in [0.29, 0.717) is 12.3 Å². The summed E-state index contributed by atoms with van der Waals surface area (Å²) in [6.07, 6.45) is 1.13. The van der Waals surface area contributed by atoms with Crippen LogP contribution < -0.4 is 15.0 Å². The number of ether oxygens (including phenoxy) is 1. The Morgan fingerprint density at radius 2 is 1.81 bits per heavy atom. The summed E-state index contributed by atoms with van der Waals surface area (Å²) in [5, 5.41) is 3.12. The first-order valence-corrected chi connectivity index (χ1v) is 9.63. The fourth-order valence-corrected chi connectivity index (χ4v) is 3.92. The molecule has 5 nitrogen and oxygen atoms in total. The summed E-state index contributed by atoms with van der Waals surface area (Å²) in [7, 11) is 0. The molecule has 1 aliphatic rings. The van der Waals surface area contributed by atoms with Gasteiger partial charge >= 0.3 is 0 Å². The maximum Gasteiger partial charge on any atom is 0.270 e. The summed E-state index contributed by atoms with van der Waals surface area (Å²) in [6.45, 7) is 16.4. The van der Waals surface area contributed by atoms with Gasteiger partial charge in [-0.1, -0.05) is 26.8 Å². The van der Waals surface area contributed by atoms with Gasteiger partial charge < -0.3 is 15.0 Å². The van der Waals surface area contributed by atoms with Gasteiger partial charge in [-0.25, -0.2) is 0 Å². The molecule has 0 radical (unpaired) electrons. The third-order valence-electron chi connectivity index (χ3n) is 4.54. The SMILES string of the molecule is Cc1ccc2c(c1)N(CCC(=O)NC(C)(C)CC(C)(C)C)C(=O)C(C)(C)O2. The van der Waals surface area contributed by atoms with Crippen molar-refractivity contribution in [1.82, 2.24) is 5.32 Å². The first kappa shape index (κ1) is 21.3. The first-order valence-electron chi connectivity index (χ1n) is 9.63. The number of nitrogens with zero attached hydrogens (tertiary/aromatic N) is 1. The van der Waals surface area contributed by atoms with E-state index >= 15 is 0 Å². The van der Waals surface area contributed by atoms with Crippen LogP contribution in [0.15, 0.2) is 18.2 Å². The maximum atomic E-state index is 12.9. The second-order valence-corrected chi connectivity index (χ2v) is 9.96.